The van der Waals surface area contributed by atoms with Crippen molar-refractivity contribution in [1.29, 1.82) is 0 Å². The Kier molecular flexibility index (Phi) is 18.0. The fraction of sp³-hybridized carbons (Fsp3) is 0.565. The molecule has 0 rings (SSSR count). The third kappa shape index (κ3) is 17.1. The monoisotopic (exact) mass is 439 g/mol. The van der Waals surface area contributed by atoms with Gasteiger partial charge in [0.25, 0.3) is 0 Å². The molecule has 0 radical (unpaired) electrons. The number of thioether (sulfide) groups is 1. The summed E-state index contributed by atoms with van der Waals surface area (Å²) in [4.78, 5) is 21.5. The second-order valence-electron chi connectivity index (χ2n) is 7.00. The molecule has 0 saturated carbocycles. The molecule has 0 aliphatic heterocycles. The number of aliphatic carboxylic acids is 2. The zero-order valence-electron chi connectivity index (χ0n) is 17.9. The lowest BCUT2D eigenvalue weighted by Gasteiger charge is -2.20. The van der Waals surface area contributed by atoms with Crippen LogP contribution < -0.4 is 5.73 Å². The molecule has 5 N–H and O–H groups in total. The summed E-state index contributed by atoms with van der Waals surface area (Å²) in [6, 6.07) is -1.01. The molecule has 170 valence electrons. The van der Waals surface area contributed by atoms with Gasteiger partial charge in [0.15, 0.2) is 0 Å². The van der Waals surface area contributed by atoms with Crippen LogP contribution in [0.2, 0.25) is 0 Å². The summed E-state index contributed by atoms with van der Waals surface area (Å²) in [6.45, 7) is 2.19. The van der Waals surface area contributed by atoms with E-state index in [1.807, 2.05) is 18.2 Å². The molecule has 0 aromatic heterocycles. The Balaban J connectivity index is 4.51. The maximum absolute atomic E-state index is 10.9. The summed E-state index contributed by atoms with van der Waals surface area (Å²) in [5.41, 5.74) is 5.54. The van der Waals surface area contributed by atoms with Gasteiger partial charge in [0.1, 0.15) is 6.04 Å². The van der Waals surface area contributed by atoms with Gasteiger partial charge in [0.2, 0.25) is 0 Å². The van der Waals surface area contributed by atoms with Crippen LogP contribution in [0.5, 0.6) is 0 Å². The Bertz CT molecular complexity index is 586. The van der Waals surface area contributed by atoms with E-state index in [0.29, 0.717) is 12.8 Å². The van der Waals surface area contributed by atoms with Gasteiger partial charge in [-0.05, 0) is 32.1 Å². The van der Waals surface area contributed by atoms with Gasteiger partial charge in [-0.1, -0.05) is 68.4 Å². The van der Waals surface area contributed by atoms with E-state index in [-0.39, 0.29) is 17.4 Å². The summed E-state index contributed by atoms with van der Waals surface area (Å²) < 4.78 is 0. The average molecular weight is 440 g/mol. The molecule has 0 aliphatic carbocycles. The normalized spacial score (nSPS) is 15.4. The van der Waals surface area contributed by atoms with Crippen LogP contribution in [-0.4, -0.2) is 50.4 Å². The van der Waals surface area contributed by atoms with Crippen LogP contribution in [0.3, 0.4) is 0 Å². The molecule has 2 unspecified atom stereocenters. The minimum Gasteiger partial charge on any atom is -0.481 e. The zero-order chi connectivity index (χ0) is 22.6. The van der Waals surface area contributed by atoms with Crippen molar-refractivity contribution < 1.29 is 24.9 Å². The Labute approximate surface area is 184 Å². The third-order valence-corrected chi connectivity index (χ3v) is 5.65. The lowest BCUT2D eigenvalue weighted by Crippen LogP contribution is -2.34. The molecule has 3 atom stereocenters. The van der Waals surface area contributed by atoms with Gasteiger partial charge in [0.05, 0.1) is 6.10 Å². The van der Waals surface area contributed by atoms with Crippen molar-refractivity contribution in [2.24, 2.45) is 5.73 Å². The number of carbonyl (C=O) groups is 2. The molecule has 0 aromatic rings. The Morgan fingerprint density at radius 1 is 1.00 bits per heavy atom. The van der Waals surface area contributed by atoms with E-state index < -0.39 is 24.1 Å². The SMILES string of the molecule is CCCCC/C=C\C\C=C/C=C\C=C/C(SCC(N)C(=O)O)[C@@H](O)CCCC(=O)O. The Morgan fingerprint density at radius 3 is 2.40 bits per heavy atom. The quantitative estimate of drug-likeness (QED) is 0.143. The number of hydrogen-bond acceptors (Lipinski definition) is 5. The highest BCUT2D eigenvalue weighted by molar-refractivity contribution is 8.00. The number of aliphatic hydroxyl groups excluding tert-OH is 1. The first kappa shape index (κ1) is 28.2. The fourth-order valence-electron chi connectivity index (χ4n) is 2.47. The van der Waals surface area contributed by atoms with Crippen molar-refractivity contribution in [2.45, 2.75) is 75.7 Å². The van der Waals surface area contributed by atoms with Crippen molar-refractivity contribution in [3.8, 4) is 0 Å². The van der Waals surface area contributed by atoms with Crippen LogP contribution in [0.15, 0.2) is 48.6 Å². The van der Waals surface area contributed by atoms with Crippen molar-refractivity contribution in [3.05, 3.63) is 48.6 Å². The molecule has 0 aliphatic rings. The highest BCUT2D eigenvalue weighted by Crippen LogP contribution is 2.21. The van der Waals surface area contributed by atoms with E-state index in [1.54, 1.807) is 12.2 Å². The van der Waals surface area contributed by atoms with Crippen molar-refractivity contribution in [1.82, 2.24) is 0 Å². The second-order valence-corrected chi connectivity index (χ2v) is 8.21. The van der Waals surface area contributed by atoms with Crippen molar-refractivity contribution in [2.75, 3.05) is 5.75 Å². The van der Waals surface area contributed by atoms with Gasteiger partial charge >= 0.3 is 11.9 Å². The van der Waals surface area contributed by atoms with Crippen molar-refractivity contribution in [3.63, 3.8) is 0 Å². The highest BCUT2D eigenvalue weighted by Gasteiger charge is 2.20. The molecule has 6 nitrogen and oxygen atoms in total. The molecule has 0 fully saturated rings. The molecule has 0 bridgehead atoms. The summed E-state index contributed by atoms with van der Waals surface area (Å²) in [5, 5.41) is 27.6. The molecule has 0 spiro atoms. The number of hydrogen-bond donors (Lipinski definition) is 4. The summed E-state index contributed by atoms with van der Waals surface area (Å²) in [5.74, 6) is -1.83. The molecule has 0 amide bonds. The number of carboxylic acids is 2. The predicted molar refractivity (Wildman–Crippen MR) is 125 cm³/mol. The van der Waals surface area contributed by atoms with Crippen LogP contribution in [0.25, 0.3) is 0 Å². The molecule has 0 aromatic carbocycles. The maximum Gasteiger partial charge on any atom is 0.321 e. The number of carboxylic acid groups (broad SMARTS) is 2. The number of rotatable bonds is 18. The fourth-order valence-corrected chi connectivity index (χ4v) is 3.60. The van der Waals surface area contributed by atoms with Gasteiger partial charge in [-0.25, -0.2) is 0 Å². The minimum atomic E-state index is -1.09. The van der Waals surface area contributed by atoms with Gasteiger partial charge < -0.3 is 21.1 Å². The number of allylic oxidation sites excluding steroid dienone is 7. The van der Waals surface area contributed by atoms with Crippen LogP contribution in [0.1, 0.15) is 58.3 Å². The molecular formula is C23H37NO5S. The van der Waals surface area contributed by atoms with Crippen LogP contribution in [-0.2, 0) is 9.59 Å². The molecule has 7 heteroatoms. The molecule has 0 heterocycles. The zero-order valence-corrected chi connectivity index (χ0v) is 18.7. The van der Waals surface area contributed by atoms with Gasteiger partial charge in [-0.2, -0.15) is 0 Å². The van der Waals surface area contributed by atoms with Crippen molar-refractivity contribution >= 4 is 23.7 Å². The lowest BCUT2D eigenvalue weighted by molar-refractivity contribution is -0.138. The standard InChI is InChI=1S/C23H37NO5S/c1-2-3-4-5-6-7-8-9-10-11-12-13-16-21(30-18-19(24)23(28)29)20(25)15-14-17-22(26)27/h6-7,9-13,16,19-21,25H,2-5,8,14-15,17-18,24H2,1H3,(H,26,27)(H,28,29)/b7-6-,10-9-,12-11-,16-13-/t19?,20-,21?/m0/s1. The summed E-state index contributed by atoms with van der Waals surface area (Å²) >= 11 is 1.26. The van der Waals surface area contributed by atoms with Gasteiger partial charge in [-0.3, -0.25) is 9.59 Å². The van der Waals surface area contributed by atoms with Gasteiger partial charge in [-0.15, -0.1) is 11.8 Å². The van der Waals surface area contributed by atoms with E-state index in [0.717, 1.165) is 12.8 Å². The highest BCUT2D eigenvalue weighted by atomic mass is 32.2. The maximum atomic E-state index is 10.9. The van der Waals surface area contributed by atoms with E-state index in [2.05, 4.69) is 25.2 Å². The minimum absolute atomic E-state index is 0.00938. The number of nitrogens with two attached hydrogens (primary N) is 1. The lowest BCUT2D eigenvalue weighted by atomic mass is 10.1. The molecule has 30 heavy (non-hydrogen) atoms. The first-order valence-electron chi connectivity index (χ1n) is 10.5. The Morgan fingerprint density at radius 2 is 1.73 bits per heavy atom. The van der Waals surface area contributed by atoms with E-state index in [4.69, 9.17) is 15.9 Å². The largest absolute Gasteiger partial charge is 0.481 e. The summed E-state index contributed by atoms with van der Waals surface area (Å²) in [6.07, 6.45) is 21.3. The van der Waals surface area contributed by atoms with Crippen LogP contribution in [0, 0.1) is 0 Å². The predicted octanol–water partition coefficient (Wildman–Crippen LogP) is 4.31. The first-order valence-corrected chi connectivity index (χ1v) is 11.6. The van der Waals surface area contributed by atoms with Gasteiger partial charge in [0, 0.05) is 17.4 Å². The average Bonchev–Trinajstić information content (AvgIpc) is 2.70. The van der Waals surface area contributed by atoms with E-state index >= 15 is 0 Å². The summed E-state index contributed by atoms with van der Waals surface area (Å²) in [7, 11) is 0. The first-order chi connectivity index (χ1) is 14.4. The topological polar surface area (TPSA) is 121 Å². The van der Waals surface area contributed by atoms with Crippen LogP contribution >= 0.6 is 11.8 Å². The third-order valence-electron chi connectivity index (χ3n) is 4.24. The van der Waals surface area contributed by atoms with E-state index in [1.165, 1.54) is 31.0 Å². The smallest absolute Gasteiger partial charge is 0.321 e. The van der Waals surface area contributed by atoms with Crippen LogP contribution in [0.4, 0.5) is 0 Å². The second kappa shape index (κ2) is 19.2. The van der Waals surface area contributed by atoms with E-state index in [9.17, 15) is 14.7 Å². The number of unbranched alkanes of at least 4 members (excludes halogenated alkanes) is 3. The number of aliphatic hydroxyl groups is 1. The molecule has 0 saturated heterocycles. The molecular weight excluding hydrogens is 402 g/mol. The Hall–Kier alpha value is -1.83.